The van der Waals surface area contributed by atoms with Crippen LogP contribution in [0.15, 0.2) is 18.2 Å². The largest absolute Gasteiger partial charge is 0.497 e. The Bertz CT molecular complexity index is 381. The van der Waals surface area contributed by atoms with Crippen molar-refractivity contribution in [1.29, 1.82) is 0 Å². The Labute approximate surface area is 115 Å². The highest BCUT2D eigenvalue weighted by Crippen LogP contribution is 2.22. The first-order chi connectivity index (χ1) is 9.21. The van der Waals surface area contributed by atoms with Crippen LogP contribution >= 0.6 is 0 Å². The normalized spacial score (nSPS) is 17.4. The van der Waals surface area contributed by atoms with Crippen molar-refractivity contribution in [2.75, 3.05) is 47.4 Å². The van der Waals surface area contributed by atoms with Gasteiger partial charge in [-0.05, 0) is 24.7 Å². The Balaban J connectivity index is 1.91. The third-order valence-electron chi connectivity index (χ3n) is 3.42. The van der Waals surface area contributed by atoms with Gasteiger partial charge in [0.2, 0.25) is 0 Å². The molecule has 1 aliphatic heterocycles. The maximum absolute atomic E-state index is 5.28. The molecule has 0 bridgehead atoms. The van der Waals surface area contributed by atoms with E-state index >= 15 is 0 Å². The molecule has 1 aliphatic rings. The standard InChI is InChI=1S/C14H23N3O2/c1-16-4-6-17(7-5-16)15-11-12-8-13(18-2)10-14(9-12)19-3/h8-10,15H,4-7,11H2,1-3H3. The second-order valence-corrected chi connectivity index (χ2v) is 4.85. The average Bonchev–Trinajstić information content (AvgIpc) is 2.46. The van der Waals surface area contributed by atoms with Gasteiger partial charge < -0.3 is 14.4 Å². The minimum absolute atomic E-state index is 0.789. The summed E-state index contributed by atoms with van der Waals surface area (Å²) in [6, 6.07) is 5.95. The Morgan fingerprint density at radius 3 is 2.11 bits per heavy atom. The van der Waals surface area contributed by atoms with Gasteiger partial charge in [-0.25, -0.2) is 5.01 Å². The monoisotopic (exact) mass is 265 g/mol. The van der Waals surface area contributed by atoms with Crippen LogP contribution in [0.3, 0.4) is 0 Å². The summed E-state index contributed by atoms with van der Waals surface area (Å²) < 4.78 is 10.6. The summed E-state index contributed by atoms with van der Waals surface area (Å²) in [5.41, 5.74) is 4.62. The van der Waals surface area contributed by atoms with Crippen LogP contribution in [0.2, 0.25) is 0 Å². The molecule has 0 saturated carbocycles. The first kappa shape index (κ1) is 14.1. The van der Waals surface area contributed by atoms with Crippen molar-refractivity contribution in [2.45, 2.75) is 6.54 Å². The quantitative estimate of drug-likeness (QED) is 0.858. The minimum Gasteiger partial charge on any atom is -0.497 e. The van der Waals surface area contributed by atoms with Crippen molar-refractivity contribution >= 4 is 0 Å². The smallest absolute Gasteiger partial charge is 0.122 e. The lowest BCUT2D eigenvalue weighted by Crippen LogP contribution is -2.50. The van der Waals surface area contributed by atoms with E-state index in [4.69, 9.17) is 9.47 Å². The van der Waals surface area contributed by atoms with E-state index in [1.54, 1.807) is 14.2 Å². The summed E-state index contributed by atoms with van der Waals surface area (Å²) in [4.78, 5) is 2.34. The molecule has 1 aromatic rings. The van der Waals surface area contributed by atoms with E-state index < -0.39 is 0 Å². The van der Waals surface area contributed by atoms with Gasteiger partial charge in [-0.15, -0.1) is 0 Å². The number of hydrogen-bond acceptors (Lipinski definition) is 5. The fourth-order valence-electron chi connectivity index (χ4n) is 2.14. The molecule has 0 amide bonds. The van der Waals surface area contributed by atoms with Gasteiger partial charge >= 0.3 is 0 Å². The Morgan fingerprint density at radius 1 is 1.00 bits per heavy atom. The summed E-state index contributed by atoms with van der Waals surface area (Å²) in [6.07, 6.45) is 0. The van der Waals surface area contributed by atoms with Crippen molar-refractivity contribution in [3.8, 4) is 11.5 Å². The third-order valence-corrected chi connectivity index (χ3v) is 3.42. The first-order valence-corrected chi connectivity index (χ1v) is 6.60. The van der Waals surface area contributed by atoms with Gasteiger partial charge in [-0.2, -0.15) is 0 Å². The van der Waals surface area contributed by atoms with Crippen LogP contribution in [0.1, 0.15) is 5.56 Å². The number of rotatable bonds is 5. The summed E-state index contributed by atoms with van der Waals surface area (Å²) in [5, 5.41) is 2.27. The SMILES string of the molecule is COc1cc(CNN2CCN(C)CC2)cc(OC)c1. The number of ether oxygens (including phenoxy) is 2. The van der Waals surface area contributed by atoms with Crippen LogP contribution in [0.4, 0.5) is 0 Å². The Kier molecular flexibility index (Phi) is 5.01. The van der Waals surface area contributed by atoms with E-state index in [9.17, 15) is 0 Å². The van der Waals surface area contributed by atoms with Crippen molar-refractivity contribution in [2.24, 2.45) is 0 Å². The topological polar surface area (TPSA) is 37.0 Å². The van der Waals surface area contributed by atoms with Crippen LogP contribution in [-0.4, -0.2) is 57.4 Å². The molecular formula is C14H23N3O2. The van der Waals surface area contributed by atoms with Crippen molar-refractivity contribution in [1.82, 2.24) is 15.3 Å². The number of piperazine rings is 1. The fourth-order valence-corrected chi connectivity index (χ4v) is 2.14. The van der Waals surface area contributed by atoms with Crippen molar-refractivity contribution in [3.05, 3.63) is 23.8 Å². The number of likely N-dealkylation sites (N-methyl/N-ethyl adjacent to an activating group) is 1. The Hall–Kier alpha value is -1.30. The molecular weight excluding hydrogens is 242 g/mol. The average molecular weight is 265 g/mol. The summed E-state index contributed by atoms with van der Waals surface area (Å²) in [7, 11) is 5.50. The molecule has 0 unspecified atom stereocenters. The predicted octanol–water partition coefficient (Wildman–Crippen LogP) is 0.956. The van der Waals surface area contributed by atoms with Gasteiger partial charge in [0, 0.05) is 38.8 Å². The summed E-state index contributed by atoms with van der Waals surface area (Å²) in [5.74, 6) is 1.66. The predicted molar refractivity (Wildman–Crippen MR) is 75.5 cm³/mol. The van der Waals surface area contributed by atoms with E-state index in [0.29, 0.717) is 0 Å². The molecule has 0 atom stereocenters. The lowest BCUT2D eigenvalue weighted by molar-refractivity contribution is 0.102. The number of nitrogens with one attached hydrogen (secondary N) is 1. The maximum atomic E-state index is 5.28. The zero-order chi connectivity index (χ0) is 13.7. The molecule has 0 spiro atoms. The van der Waals surface area contributed by atoms with Gasteiger partial charge in [0.25, 0.3) is 0 Å². The maximum Gasteiger partial charge on any atom is 0.122 e. The van der Waals surface area contributed by atoms with Crippen LogP contribution in [0.5, 0.6) is 11.5 Å². The van der Waals surface area contributed by atoms with Crippen molar-refractivity contribution in [3.63, 3.8) is 0 Å². The van der Waals surface area contributed by atoms with E-state index in [2.05, 4.69) is 22.4 Å². The van der Waals surface area contributed by atoms with Crippen molar-refractivity contribution < 1.29 is 9.47 Å². The molecule has 106 valence electrons. The van der Waals surface area contributed by atoms with Gasteiger partial charge in [0.15, 0.2) is 0 Å². The molecule has 0 aliphatic carbocycles. The number of hydrogen-bond donors (Lipinski definition) is 1. The van der Waals surface area contributed by atoms with Crippen LogP contribution in [0, 0.1) is 0 Å². The molecule has 0 aromatic heterocycles. The molecule has 5 nitrogen and oxygen atoms in total. The van der Waals surface area contributed by atoms with E-state index in [1.807, 2.05) is 18.2 Å². The zero-order valence-corrected chi connectivity index (χ0v) is 12.0. The summed E-state index contributed by atoms with van der Waals surface area (Å²) >= 11 is 0. The van der Waals surface area contributed by atoms with Gasteiger partial charge in [0.05, 0.1) is 14.2 Å². The number of methoxy groups -OCH3 is 2. The number of benzene rings is 1. The molecule has 1 heterocycles. The first-order valence-electron chi connectivity index (χ1n) is 6.60. The zero-order valence-electron chi connectivity index (χ0n) is 12.0. The molecule has 1 aromatic carbocycles. The van der Waals surface area contributed by atoms with E-state index in [1.165, 1.54) is 0 Å². The lowest BCUT2D eigenvalue weighted by Gasteiger charge is -2.32. The summed E-state index contributed by atoms with van der Waals surface area (Å²) in [6.45, 7) is 5.11. The molecule has 5 heteroatoms. The third kappa shape index (κ3) is 4.09. The molecule has 1 N–H and O–H groups in total. The highest BCUT2D eigenvalue weighted by Gasteiger charge is 2.13. The van der Waals surface area contributed by atoms with Gasteiger partial charge in [0.1, 0.15) is 11.5 Å². The molecule has 1 saturated heterocycles. The van der Waals surface area contributed by atoms with E-state index in [0.717, 1.165) is 49.8 Å². The van der Waals surface area contributed by atoms with Crippen LogP contribution in [0.25, 0.3) is 0 Å². The fraction of sp³-hybridized carbons (Fsp3) is 0.571. The Morgan fingerprint density at radius 2 is 1.58 bits per heavy atom. The lowest BCUT2D eigenvalue weighted by atomic mass is 10.2. The molecule has 1 fully saturated rings. The second kappa shape index (κ2) is 6.75. The number of nitrogens with zero attached hydrogens (tertiary/aromatic N) is 2. The highest BCUT2D eigenvalue weighted by molar-refractivity contribution is 5.38. The van der Waals surface area contributed by atoms with Gasteiger partial charge in [-0.1, -0.05) is 0 Å². The molecule has 19 heavy (non-hydrogen) atoms. The second-order valence-electron chi connectivity index (χ2n) is 4.85. The van der Waals surface area contributed by atoms with Gasteiger partial charge in [-0.3, -0.25) is 5.43 Å². The molecule has 2 rings (SSSR count). The minimum atomic E-state index is 0.789. The molecule has 0 radical (unpaired) electrons. The van der Waals surface area contributed by atoms with Crippen LogP contribution in [-0.2, 0) is 6.54 Å². The number of hydrazine groups is 1. The van der Waals surface area contributed by atoms with Crippen LogP contribution < -0.4 is 14.9 Å². The highest BCUT2D eigenvalue weighted by atomic mass is 16.5. The van der Waals surface area contributed by atoms with E-state index in [-0.39, 0.29) is 0 Å².